The minimum atomic E-state index is -1.65. The lowest BCUT2D eigenvalue weighted by atomic mass is 9.92. The second-order valence-electron chi connectivity index (χ2n) is 3.65. The molecule has 1 aromatic carbocycles. The predicted octanol–water partition coefficient (Wildman–Crippen LogP) is 1.21. The summed E-state index contributed by atoms with van der Waals surface area (Å²) in [6.07, 6.45) is 0. The molecule has 0 heterocycles. The number of carbonyl (C=O) groups excluding carboxylic acids is 1. The van der Waals surface area contributed by atoms with Crippen LogP contribution in [0.5, 0.6) is 0 Å². The SMILES string of the molecule is COCc1ccccc1C(C)(O)C(=O)OC. The van der Waals surface area contributed by atoms with Crippen molar-refractivity contribution in [1.29, 1.82) is 0 Å². The second kappa shape index (κ2) is 5.09. The van der Waals surface area contributed by atoms with Gasteiger partial charge in [-0.15, -0.1) is 0 Å². The summed E-state index contributed by atoms with van der Waals surface area (Å²) >= 11 is 0. The number of hydrogen-bond donors (Lipinski definition) is 1. The fraction of sp³-hybridized carbons (Fsp3) is 0.417. The second-order valence-corrected chi connectivity index (χ2v) is 3.65. The molecule has 4 nitrogen and oxygen atoms in total. The van der Waals surface area contributed by atoms with Gasteiger partial charge in [-0.05, 0) is 18.1 Å². The molecule has 0 aliphatic carbocycles. The molecule has 0 bridgehead atoms. The molecule has 1 rings (SSSR count). The highest BCUT2D eigenvalue weighted by Gasteiger charge is 2.35. The number of rotatable bonds is 4. The summed E-state index contributed by atoms with van der Waals surface area (Å²) in [4.78, 5) is 11.5. The molecule has 1 atom stereocenters. The maximum absolute atomic E-state index is 11.5. The van der Waals surface area contributed by atoms with Gasteiger partial charge >= 0.3 is 5.97 Å². The van der Waals surface area contributed by atoms with E-state index in [1.165, 1.54) is 14.0 Å². The molecule has 0 amide bonds. The summed E-state index contributed by atoms with van der Waals surface area (Å²) in [6.45, 7) is 1.75. The lowest BCUT2D eigenvalue weighted by molar-refractivity contribution is -0.161. The third-order valence-corrected chi connectivity index (χ3v) is 2.42. The van der Waals surface area contributed by atoms with Gasteiger partial charge in [-0.2, -0.15) is 0 Å². The molecule has 0 saturated carbocycles. The number of esters is 1. The zero-order chi connectivity index (χ0) is 12.2. The Labute approximate surface area is 94.8 Å². The molecule has 4 heteroatoms. The molecule has 0 aliphatic heterocycles. The van der Waals surface area contributed by atoms with Gasteiger partial charge in [0, 0.05) is 7.11 Å². The molecule has 0 aliphatic rings. The molecule has 0 aromatic heterocycles. The molecule has 0 fully saturated rings. The smallest absolute Gasteiger partial charge is 0.342 e. The van der Waals surface area contributed by atoms with Gasteiger partial charge in [0.15, 0.2) is 5.60 Å². The first-order valence-corrected chi connectivity index (χ1v) is 4.92. The van der Waals surface area contributed by atoms with E-state index in [4.69, 9.17) is 4.74 Å². The van der Waals surface area contributed by atoms with Crippen molar-refractivity contribution < 1.29 is 19.4 Å². The lowest BCUT2D eigenvalue weighted by Gasteiger charge is -2.23. The summed E-state index contributed by atoms with van der Waals surface area (Å²) in [6, 6.07) is 7.07. The Morgan fingerprint density at radius 1 is 1.38 bits per heavy atom. The van der Waals surface area contributed by atoms with Gasteiger partial charge in [0.2, 0.25) is 0 Å². The first kappa shape index (κ1) is 12.7. The zero-order valence-corrected chi connectivity index (χ0v) is 9.69. The fourth-order valence-corrected chi connectivity index (χ4v) is 1.59. The number of methoxy groups -OCH3 is 2. The highest BCUT2D eigenvalue weighted by molar-refractivity contribution is 5.80. The summed E-state index contributed by atoms with van der Waals surface area (Å²) in [5.74, 6) is -0.684. The van der Waals surface area contributed by atoms with Crippen LogP contribution in [0.25, 0.3) is 0 Å². The van der Waals surface area contributed by atoms with Crippen LogP contribution in [0.4, 0.5) is 0 Å². The molecular weight excluding hydrogens is 208 g/mol. The van der Waals surface area contributed by atoms with Crippen molar-refractivity contribution in [3.63, 3.8) is 0 Å². The molecule has 16 heavy (non-hydrogen) atoms. The van der Waals surface area contributed by atoms with Gasteiger partial charge < -0.3 is 14.6 Å². The maximum Gasteiger partial charge on any atom is 0.342 e. The van der Waals surface area contributed by atoms with E-state index in [-0.39, 0.29) is 0 Å². The number of benzene rings is 1. The van der Waals surface area contributed by atoms with Crippen LogP contribution < -0.4 is 0 Å². The van der Waals surface area contributed by atoms with Crippen molar-refractivity contribution in [1.82, 2.24) is 0 Å². The number of carbonyl (C=O) groups is 1. The third-order valence-electron chi connectivity index (χ3n) is 2.42. The van der Waals surface area contributed by atoms with E-state index >= 15 is 0 Å². The van der Waals surface area contributed by atoms with Crippen LogP contribution in [0.3, 0.4) is 0 Å². The average molecular weight is 224 g/mol. The molecule has 0 saturated heterocycles. The van der Waals surface area contributed by atoms with Crippen molar-refractivity contribution in [2.45, 2.75) is 19.1 Å². The van der Waals surface area contributed by atoms with E-state index in [1.54, 1.807) is 25.3 Å². The lowest BCUT2D eigenvalue weighted by Crippen LogP contribution is -2.34. The monoisotopic (exact) mass is 224 g/mol. The summed E-state index contributed by atoms with van der Waals surface area (Å²) in [7, 11) is 2.80. The van der Waals surface area contributed by atoms with Crippen LogP contribution in [-0.4, -0.2) is 25.3 Å². The van der Waals surface area contributed by atoms with Crippen LogP contribution in [0.2, 0.25) is 0 Å². The van der Waals surface area contributed by atoms with Gasteiger partial charge in [-0.25, -0.2) is 4.79 Å². The van der Waals surface area contributed by atoms with E-state index in [9.17, 15) is 9.90 Å². The van der Waals surface area contributed by atoms with Crippen LogP contribution in [0.15, 0.2) is 24.3 Å². The Hall–Kier alpha value is -1.39. The van der Waals surface area contributed by atoms with Crippen molar-refractivity contribution in [2.24, 2.45) is 0 Å². The molecule has 88 valence electrons. The Morgan fingerprint density at radius 2 is 2.00 bits per heavy atom. The average Bonchev–Trinajstić information content (AvgIpc) is 2.29. The number of aliphatic hydroxyl groups is 1. The molecule has 1 N–H and O–H groups in total. The Bertz CT molecular complexity index is 371. The van der Waals surface area contributed by atoms with Crippen molar-refractivity contribution in [3.8, 4) is 0 Å². The van der Waals surface area contributed by atoms with Crippen molar-refractivity contribution in [3.05, 3.63) is 35.4 Å². The zero-order valence-electron chi connectivity index (χ0n) is 9.69. The van der Waals surface area contributed by atoms with Crippen LogP contribution in [0, 0.1) is 0 Å². The topological polar surface area (TPSA) is 55.8 Å². The molecule has 1 unspecified atom stereocenters. The summed E-state index contributed by atoms with van der Waals surface area (Å²) in [5.41, 5.74) is -0.381. The van der Waals surface area contributed by atoms with Crippen LogP contribution in [0.1, 0.15) is 18.1 Å². The van der Waals surface area contributed by atoms with Crippen molar-refractivity contribution in [2.75, 3.05) is 14.2 Å². The van der Waals surface area contributed by atoms with E-state index in [0.29, 0.717) is 12.2 Å². The van der Waals surface area contributed by atoms with Crippen molar-refractivity contribution >= 4 is 5.97 Å². The molecule has 1 aromatic rings. The number of hydrogen-bond acceptors (Lipinski definition) is 4. The minimum Gasteiger partial charge on any atom is -0.467 e. The van der Waals surface area contributed by atoms with Gasteiger partial charge in [0.05, 0.1) is 13.7 Å². The summed E-state index contributed by atoms with van der Waals surface area (Å²) < 4.78 is 9.59. The van der Waals surface area contributed by atoms with Gasteiger partial charge in [-0.3, -0.25) is 0 Å². The third kappa shape index (κ3) is 2.40. The van der Waals surface area contributed by atoms with E-state index in [0.717, 1.165) is 5.56 Å². The first-order chi connectivity index (χ1) is 7.54. The quantitative estimate of drug-likeness (QED) is 0.781. The maximum atomic E-state index is 11.5. The van der Waals surface area contributed by atoms with Crippen LogP contribution in [-0.2, 0) is 26.5 Å². The van der Waals surface area contributed by atoms with Gasteiger partial charge in [0.1, 0.15) is 0 Å². The normalized spacial score (nSPS) is 14.2. The highest BCUT2D eigenvalue weighted by atomic mass is 16.5. The Balaban J connectivity index is 3.15. The molecule has 0 spiro atoms. The van der Waals surface area contributed by atoms with E-state index < -0.39 is 11.6 Å². The standard InChI is InChI=1S/C12H16O4/c1-12(14,11(13)16-3)10-7-5-4-6-9(10)8-15-2/h4-7,14H,8H2,1-3H3. The number of ether oxygens (including phenoxy) is 2. The molecule has 0 radical (unpaired) electrons. The van der Waals surface area contributed by atoms with E-state index in [1.807, 2.05) is 6.07 Å². The first-order valence-electron chi connectivity index (χ1n) is 4.92. The highest BCUT2D eigenvalue weighted by Crippen LogP contribution is 2.25. The summed E-state index contributed by atoms with van der Waals surface area (Å²) in [5, 5.41) is 10.1. The largest absolute Gasteiger partial charge is 0.467 e. The predicted molar refractivity (Wildman–Crippen MR) is 58.7 cm³/mol. The Kier molecular flexibility index (Phi) is 4.04. The van der Waals surface area contributed by atoms with Gasteiger partial charge in [0.25, 0.3) is 0 Å². The fourth-order valence-electron chi connectivity index (χ4n) is 1.59. The van der Waals surface area contributed by atoms with Gasteiger partial charge in [-0.1, -0.05) is 24.3 Å². The minimum absolute atomic E-state index is 0.337. The molecular formula is C12H16O4. The Morgan fingerprint density at radius 3 is 2.56 bits per heavy atom. The van der Waals surface area contributed by atoms with E-state index in [2.05, 4.69) is 4.74 Å². The van der Waals surface area contributed by atoms with Crippen LogP contribution >= 0.6 is 0 Å².